The summed E-state index contributed by atoms with van der Waals surface area (Å²) in [6, 6.07) is 8.85. The molecule has 0 amide bonds. The molecule has 0 atom stereocenters. The van der Waals surface area contributed by atoms with E-state index in [1.807, 2.05) is 0 Å². The van der Waals surface area contributed by atoms with Gasteiger partial charge in [0.25, 0.3) is 0 Å². The molecule has 0 bridgehead atoms. The molecule has 0 fully saturated rings. The van der Waals surface area contributed by atoms with Crippen LogP contribution in [-0.2, 0) is 28.5 Å². The fraction of sp³-hybridized carbons (Fsp3) is 0.280. The first-order valence-electron chi connectivity index (χ1n) is 11.3. The van der Waals surface area contributed by atoms with E-state index in [4.69, 9.17) is 0 Å². The Morgan fingerprint density at radius 3 is 2.46 bits per heavy atom. The second-order valence-electron chi connectivity index (χ2n) is 9.28. The summed E-state index contributed by atoms with van der Waals surface area (Å²) < 4.78 is 69.3. The van der Waals surface area contributed by atoms with Crippen LogP contribution in [0, 0.1) is 11.3 Å². The van der Waals surface area contributed by atoms with Crippen molar-refractivity contribution in [1.29, 1.82) is 5.26 Å². The van der Waals surface area contributed by atoms with Crippen molar-refractivity contribution >= 4 is 37.3 Å². The van der Waals surface area contributed by atoms with Gasteiger partial charge in [-0.2, -0.15) is 23.5 Å². The highest BCUT2D eigenvalue weighted by Crippen LogP contribution is 2.37. The smallest absolute Gasteiger partial charge is 0.325 e. The van der Waals surface area contributed by atoms with E-state index in [9.17, 15) is 26.9 Å². The number of pyridine rings is 2. The molecular weight excluding hydrogens is 505 g/mol. The first-order chi connectivity index (χ1) is 17.3. The molecule has 5 aromatic rings. The van der Waals surface area contributed by atoms with Crippen molar-refractivity contribution < 1.29 is 21.6 Å². The van der Waals surface area contributed by atoms with Gasteiger partial charge >= 0.3 is 6.18 Å². The largest absolute Gasteiger partial charge is 0.416 e. The number of fused-ring (bicyclic) bond motifs is 4. The molecule has 0 radical (unpaired) electrons. The van der Waals surface area contributed by atoms with Gasteiger partial charge in [0.2, 0.25) is 0 Å². The number of hydrogen-bond acceptors (Lipinski definition) is 6. The molecule has 0 aliphatic rings. The third kappa shape index (κ3) is 3.81. The van der Waals surface area contributed by atoms with Crippen LogP contribution in [0.25, 0.3) is 39.0 Å². The van der Waals surface area contributed by atoms with Gasteiger partial charge in [0.05, 0.1) is 45.5 Å². The molecule has 4 aromatic heterocycles. The van der Waals surface area contributed by atoms with Crippen LogP contribution in [0.4, 0.5) is 13.2 Å². The van der Waals surface area contributed by atoms with E-state index in [0.29, 0.717) is 27.5 Å². The van der Waals surface area contributed by atoms with Crippen molar-refractivity contribution in [3.63, 3.8) is 0 Å². The SMILES string of the molecule is CCS(=O)(=O)c1c(-c2nc3cnc4cc(C(F)(F)F)ccc4c3n2C)nn2ccc(C(C)(C)C#N)cc12. The minimum absolute atomic E-state index is 0.0272. The highest BCUT2D eigenvalue weighted by molar-refractivity contribution is 7.91. The first kappa shape index (κ1) is 24.7. The number of imidazole rings is 1. The van der Waals surface area contributed by atoms with Gasteiger partial charge in [-0.15, -0.1) is 0 Å². The Bertz CT molecular complexity index is 1880. The number of alkyl halides is 3. The summed E-state index contributed by atoms with van der Waals surface area (Å²) in [6.07, 6.45) is -1.56. The van der Waals surface area contributed by atoms with E-state index in [-0.39, 0.29) is 27.7 Å². The first-order valence-corrected chi connectivity index (χ1v) is 12.9. The Balaban J connectivity index is 1.82. The van der Waals surface area contributed by atoms with Gasteiger partial charge in [-0.1, -0.05) is 13.0 Å². The molecule has 4 heterocycles. The lowest BCUT2D eigenvalue weighted by molar-refractivity contribution is -0.137. The predicted molar refractivity (Wildman–Crippen MR) is 132 cm³/mol. The second-order valence-corrected chi connectivity index (χ2v) is 11.5. The summed E-state index contributed by atoms with van der Waals surface area (Å²) in [7, 11) is -2.16. The number of aryl methyl sites for hydroxylation is 1. The quantitative estimate of drug-likeness (QED) is 0.325. The van der Waals surface area contributed by atoms with Gasteiger partial charge in [-0.25, -0.2) is 17.9 Å². The maximum atomic E-state index is 13.3. The molecule has 0 aliphatic heterocycles. The molecule has 5 rings (SSSR count). The summed E-state index contributed by atoms with van der Waals surface area (Å²) in [6.45, 7) is 4.99. The molecule has 1 aromatic carbocycles. The Morgan fingerprint density at radius 1 is 1.08 bits per heavy atom. The number of sulfone groups is 1. The van der Waals surface area contributed by atoms with Crippen molar-refractivity contribution in [3.8, 4) is 17.6 Å². The summed E-state index contributed by atoms with van der Waals surface area (Å²) in [4.78, 5) is 8.71. The number of rotatable bonds is 4. The van der Waals surface area contributed by atoms with Gasteiger partial charge in [0.15, 0.2) is 15.7 Å². The van der Waals surface area contributed by atoms with Gasteiger partial charge in [-0.3, -0.25) is 4.98 Å². The maximum absolute atomic E-state index is 13.3. The molecule has 0 saturated heterocycles. The average molecular weight is 527 g/mol. The highest BCUT2D eigenvalue weighted by atomic mass is 32.2. The summed E-state index contributed by atoms with van der Waals surface area (Å²) in [5, 5.41) is 14.5. The standard InChI is InChI=1S/C25H21F3N6O2S/c1-5-37(35,36)22-19-11-14(24(2,3)13-29)8-9-34(19)32-20(22)23-31-18-12-30-17-10-15(25(26,27)28)6-7-16(17)21(18)33(23)4/h6-12H,5H2,1-4H3. The lowest BCUT2D eigenvalue weighted by atomic mass is 9.87. The molecule has 0 spiro atoms. The van der Waals surface area contributed by atoms with Crippen molar-refractivity contribution in [1.82, 2.24) is 24.1 Å². The van der Waals surface area contributed by atoms with Gasteiger partial charge in [-0.05, 0) is 43.7 Å². The van der Waals surface area contributed by atoms with Gasteiger partial charge in [0.1, 0.15) is 16.1 Å². The van der Waals surface area contributed by atoms with Crippen LogP contribution >= 0.6 is 0 Å². The summed E-state index contributed by atoms with van der Waals surface area (Å²) >= 11 is 0. The van der Waals surface area contributed by atoms with Crippen LogP contribution in [0.1, 0.15) is 31.9 Å². The van der Waals surface area contributed by atoms with E-state index in [1.165, 1.54) is 23.7 Å². The van der Waals surface area contributed by atoms with E-state index in [2.05, 4.69) is 21.1 Å². The van der Waals surface area contributed by atoms with Gasteiger partial charge in [0, 0.05) is 18.6 Å². The Kier molecular flexibility index (Phi) is 5.35. The Hall–Kier alpha value is -3.98. The topological polar surface area (TPSA) is 106 Å². The molecule has 8 nitrogen and oxygen atoms in total. The van der Waals surface area contributed by atoms with E-state index >= 15 is 0 Å². The minimum atomic E-state index is -4.51. The molecular formula is C25H21F3N6O2S. The van der Waals surface area contributed by atoms with E-state index in [0.717, 1.165) is 12.1 Å². The number of halogens is 3. The number of benzene rings is 1. The highest BCUT2D eigenvalue weighted by Gasteiger charge is 2.32. The van der Waals surface area contributed by atoms with Crippen LogP contribution in [0.15, 0.2) is 47.6 Å². The lowest BCUT2D eigenvalue weighted by Crippen LogP contribution is -2.14. The van der Waals surface area contributed by atoms with Crippen LogP contribution in [-0.4, -0.2) is 38.3 Å². The monoisotopic (exact) mass is 526 g/mol. The fourth-order valence-electron chi connectivity index (χ4n) is 4.36. The molecule has 0 unspecified atom stereocenters. The molecule has 37 heavy (non-hydrogen) atoms. The maximum Gasteiger partial charge on any atom is 0.416 e. The van der Waals surface area contributed by atoms with Crippen LogP contribution in [0.2, 0.25) is 0 Å². The van der Waals surface area contributed by atoms with Crippen molar-refractivity contribution in [2.45, 2.75) is 37.3 Å². The Labute approximate surface area is 209 Å². The summed E-state index contributed by atoms with van der Waals surface area (Å²) in [5.41, 5.74) is 0.373. The third-order valence-corrected chi connectivity index (χ3v) is 8.31. The van der Waals surface area contributed by atoms with Crippen molar-refractivity contribution in [2.24, 2.45) is 7.05 Å². The number of aromatic nitrogens is 5. The molecule has 0 aliphatic carbocycles. The van der Waals surface area contributed by atoms with Crippen molar-refractivity contribution in [3.05, 3.63) is 53.9 Å². The zero-order valence-electron chi connectivity index (χ0n) is 20.3. The van der Waals surface area contributed by atoms with Crippen LogP contribution in [0.3, 0.4) is 0 Å². The predicted octanol–water partition coefficient (Wildman–Crippen LogP) is 5.05. The van der Waals surface area contributed by atoms with Gasteiger partial charge < -0.3 is 4.57 Å². The second kappa shape index (κ2) is 8.01. The minimum Gasteiger partial charge on any atom is -0.325 e. The zero-order valence-corrected chi connectivity index (χ0v) is 21.1. The zero-order chi connectivity index (χ0) is 26.9. The van der Waals surface area contributed by atoms with Crippen LogP contribution in [0.5, 0.6) is 0 Å². The fourth-order valence-corrected chi connectivity index (χ4v) is 5.55. The Morgan fingerprint density at radius 2 is 1.81 bits per heavy atom. The summed E-state index contributed by atoms with van der Waals surface area (Å²) in [5.74, 6) is 0.0306. The van der Waals surface area contributed by atoms with Crippen LogP contribution < -0.4 is 0 Å². The van der Waals surface area contributed by atoms with E-state index < -0.39 is 27.0 Å². The van der Waals surface area contributed by atoms with E-state index in [1.54, 1.807) is 43.8 Å². The third-order valence-electron chi connectivity index (χ3n) is 6.52. The van der Waals surface area contributed by atoms with Crippen molar-refractivity contribution in [2.75, 3.05) is 5.75 Å². The number of nitrogens with zero attached hydrogens (tertiary/aromatic N) is 6. The molecule has 0 saturated carbocycles. The average Bonchev–Trinajstić information content (AvgIpc) is 3.40. The number of nitriles is 1. The normalized spacial score (nSPS) is 13.0. The molecule has 0 N–H and O–H groups in total. The number of hydrogen-bond donors (Lipinski definition) is 0. The molecule has 12 heteroatoms. The molecule has 190 valence electrons. The lowest BCUT2D eigenvalue weighted by Gasteiger charge is -2.15.